The summed E-state index contributed by atoms with van der Waals surface area (Å²) in [6.45, 7) is 0.895. The van der Waals surface area contributed by atoms with Gasteiger partial charge in [-0.1, -0.05) is 18.2 Å². The molecule has 0 unspecified atom stereocenters. The molecule has 0 aliphatic carbocycles. The number of carbonyl (C=O) groups is 1. The smallest absolute Gasteiger partial charge is 0.405 e. The molecule has 0 bridgehead atoms. The molecule has 1 fully saturated rings. The molecule has 2 rings (SSSR count). The minimum Gasteiger partial charge on any atom is -0.405 e. The number of amides is 1. The lowest BCUT2D eigenvalue weighted by molar-refractivity contribution is -0.275. The number of aliphatic hydroxyl groups is 1. The maximum atomic E-state index is 12.4. The Balaban J connectivity index is 2.10. The molecule has 1 aromatic rings. The number of aliphatic hydroxyl groups excluding tert-OH is 1. The molecule has 23 heavy (non-hydrogen) atoms. The third-order valence-electron chi connectivity index (χ3n) is 3.93. The second kappa shape index (κ2) is 7.18. The van der Waals surface area contributed by atoms with Gasteiger partial charge in [0.25, 0.3) is 0 Å². The summed E-state index contributed by atoms with van der Waals surface area (Å²) >= 11 is 0. The summed E-state index contributed by atoms with van der Waals surface area (Å²) in [5, 5.41) is 11.9. The summed E-state index contributed by atoms with van der Waals surface area (Å²) in [6, 6.07) is 5.92. The van der Waals surface area contributed by atoms with Gasteiger partial charge in [0.2, 0.25) is 5.91 Å². The van der Waals surface area contributed by atoms with Crippen molar-refractivity contribution in [2.45, 2.75) is 12.9 Å². The van der Waals surface area contributed by atoms with Crippen molar-refractivity contribution in [1.82, 2.24) is 10.2 Å². The molecule has 128 valence electrons. The number of nitrogens with one attached hydrogen (secondary N) is 1. The number of alkyl halides is 3. The van der Waals surface area contributed by atoms with Gasteiger partial charge in [-0.3, -0.25) is 9.69 Å². The van der Waals surface area contributed by atoms with Gasteiger partial charge < -0.3 is 15.2 Å². The highest BCUT2D eigenvalue weighted by Crippen LogP contribution is 2.30. The first-order valence-electron chi connectivity index (χ1n) is 7.22. The number of hydrogen-bond donors (Lipinski definition) is 2. The first kappa shape index (κ1) is 17.6. The molecule has 0 radical (unpaired) electrons. The highest BCUT2D eigenvalue weighted by Gasteiger charge is 2.37. The van der Waals surface area contributed by atoms with Crippen molar-refractivity contribution >= 4 is 5.91 Å². The molecule has 2 atom stereocenters. The largest absolute Gasteiger partial charge is 0.573 e. The van der Waals surface area contributed by atoms with Gasteiger partial charge in [-0.05, 0) is 6.07 Å². The molecular weight excluding hydrogens is 313 g/mol. The van der Waals surface area contributed by atoms with Crippen LogP contribution in [-0.4, -0.2) is 49.0 Å². The molecule has 0 saturated carbocycles. The van der Waals surface area contributed by atoms with Gasteiger partial charge in [-0.25, -0.2) is 0 Å². The average molecular weight is 332 g/mol. The SMILES string of the molecule is CNC(=O)[C@@H]1CN(Cc2ccccc2OC(F)(F)F)C[C@H]1CO. The lowest BCUT2D eigenvalue weighted by Crippen LogP contribution is -2.33. The van der Waals surface area contributed by atoms with Crippen LogP contribution in [0.1, 0.15) is 5.56 Å². The average Bonchev–Trinajstić information content (AvgIpc) is 2.90. The Labute approximate surface area is 132 Å². The summed E-state index contributed by atoms with van der Waals surface area (Å²) in [5.74, 6) is -1.03. The van der Waals surface area contributed by atoms with E-state index in [1.54, 1.807) is 12.1 Å². The lowest BCUT2D eigenvalue weighted by atomic mass is 9.96. The fourth-order valence-corrected chi connectivity index (χ4v) is 2.86. The highest BCUT2D eigenvalue weighted by molar-refractivity contribution is 5.79. The second-order valence-corrected chi connectivity index (χ2v) is 5.51. The predicted molar refractivity (Wildman–Crippen MR) is 76.5 cm³/mol. The molecule has 1 heterocycles. The lowest BCUT2D eigenvalue weighted by Gasteiger charge is -2.19. The standard InChI is InChI=1S/C15H19F3N2O3/c1-19-14(22)12-8-20(7-11(12)9-21)6-10-4-2-3-5-13(10)23-15(16,17)18/h2-5,11-12,21H,6-9H2,1H3,(H,19,22)/t11-,12+/m0/s1. The molecule has 2 N–H and O–H groups in total. The van der Waals surface area contributed by atoms with Gasteiger partial charge in [0.15, 0.2) is 0 Å². The van der Waals surface area contributed by atoms with Crippen molar-refractivity contribution in [3.63, 3.8) is 0 Å². The van der Waals surface area contributed by atoms with Crippen molar-refractivity contribution in [2.75, 3.05) is 26.7 Å². The Bertz CT molecular complexity index is 551. The third kappa shape index (κ3) is 4.59. The van der Waals surface area contributed by atoms with Crippen LogP contribution < -0.4 is 10.1 Å². The minimum atomic E-state index is -4.75. The number of benzene rings is 1. The van der Waals surface area contributed by atoms with Crippen LogP contribution in [0.2, 0.25) is 0 Å². The van der Waals surface area contributed by atoms with Gasteiger partial charge >= 0.3 is 6.36 Å². The van der Waals surface area contributed by atoms with E-state index in [2.05, 4.69) is 10.1 Å². The second-order valence-electron chi connectivity index (χ2n) is 5.51. The van der Waals surface area contributed by atoms with Crippen LogP contribution >= 0.6 is 0 Å². The van der Waals surface area contributed by atoms with Crippen LogP contribution in [-0.2, 0) is 11.3 Å². The summed E-state index contributed by atoms with van der Waals surface area (Å²) in [4.78, 5) is 13.7. The normalized spacial score (nSPS) is 22.1. The van der Waals surface area contributed by atoms with Crippen LogP contribution in [0.4, 0.5) is 13.2 Å². The summed E-state index contributed by atoms with van der Waals surface area (Å²) in [6.07, 6.45) is -4.75. The van der Waals surface area contributed by atoms with E-state index in [0.29, 0.717) is 18.7 Å². The summed E-state index contributed by atoms with van der Waals surface area (Å²) in [5.41, 5.74) is 0.388. The van der Waals surface area contributed by atoms with Crippen molar-refractivity contribution in [3.8, 4) is 5.75 Å². The molecule has 1 aliphatic heterocycles. The van der Waals surface area contributed by atoms with Gasteiger partial charge in [0.05, 0.1) is 5.92 Å². The minimum absolute atomic E-state index is 0.144. The molecule has 0 spiro atoms. The molecular formula is C15H19F3N2O3. The Kier molecular flexibility index (Phi) is 5.48. The van der Waals surface area contributed by atoms with E-state index >= 15 is 0 Å². The molecule has 1 saturated heterocycles. The van der Waals surface area contributed by atoms with Gasteiger partial charge in [-0.2, -0.15) is 0 Å². The van der Waals surface area contributed by atoms with Crippen molar-refractivity contribution < 1.29 is 27.8 Å². The zero-order valence-corrected chi connectivity index (χ0v) is 12.6. The van der Waals surface area contributed by atoms with Crippen LogP contribution in [0.5, 0.6) is 5.75 Å². The van der Waals surface area contributed by atoms with Crippen LogP contribution in [0.25, 0.3) is 0 Å². The number of rotatable bonds is 5. The number of halogens is 3. The van der Waals surface area contributed by atoms with Gasteiger partial charge in [-0.15, -0.1) is 13.2 Å². The summed E-state index contributed by atoms with van der Waals surface area (Å²) in [7, 11) is 1.52. The van der Waals surface area contributed by atoms with Crippen molar-refractivity contribution in [1.29, 1.82) is 0 Å². The Morgan fingerprint density at radius 3 is 2.70 bits per heavy atom. The fraction of sp³-hybridized carbons (Fsp3) is 0.533. The Hall–Kier alpha value is -1.80. The van der Waals surface area contributed by atoms with E-state index in [9.17, 15) is 23.1 Å². The Morgan fingerprint density at radius 2 is 2.09 bits per heavy atom. The number of likely N-dealkylation sites (tertiary alicyclic amines) is 1. The van der Waals surface area contributed by atoms with Gasteiger partial charge in [0, 0.05) is 44.8 Å². The zero-order valence-electron chi connectivity index (χ0n) is 12.6. The Morgan fingerprint density at radius 1 is 1.39 bits per heavy atom. The van der Waals surface area contributed by atoms with Crippen LogP contribution in [0.15, 0.2) is 24.3 Å². The van der Waals surface area contributed by atoms with Crippen molar-refractivity contribution in [2.24, 2.45) is 11.8 Å². The first-order valence-corrected chi connectivity index (χ1v) is 7.22. The van der Waals surface area contributed by atoms with E-state index in [1.807, 2.05) is 4.90 Å². The van der Waals surface area contributed by atoms with Crippen LogP contribution in [0, 0.1) is 11.8 Å². The third-order valence-corrected chi connectivity index (χ3v) is 3.93. The quantitative estimate of drug-likeness (QED) is 0.855. The topological polar surface area (TPSA) is 61.8 Å². The first-order chi connectivity index (χ1) is 10.8. The van der Waals surface area contributed by atoms with E-state index in [-0.39, 0.29) is 36.6 Å². The number of para-hydroxylation sites is 1. The molecule has 1 aromatic carbocycles. The summed E-state index contributed by atoms with van der Waals surface area (Å²) < 4.78 is 41.4. The van der Waals surface area contributed by atoms with E-state index < -0.39 is 6.36 Å². The number of carbonyl (C=O) groups excluding carboxylic acids is 1. The number of nitrogens with zero attached hydrogens (tertiary/aromatic N) is 1. The molecule has 8 heteroatoms. The van der Waals surface area contributed by atoms with Gasteiger partial charge in [0.1, 0.15) is 5.75 Å². The highest BCUT2D eigenvalue weighted by atomic mass is 19.4. The van der Waals surface area contributed by atoms with Crippen LogP contribution in [0.3, 0.4) is 0 Å². The molecule has 1 aliphatic rings. The molecule has 0 aromatic heterocycles. The maximum absolute atomic E-state index is 12.4. The van der Waals surface area contributed by atoms with E-state index in [1.165, 1.54) is 19.2 Å². The molecule has 5 nitrogen and oxygen atoms in total. The zero-order chi connectivity index (χ0) is 17.0. The molecule has 1 amide bonds. The number of hydrogen-bond acceptors (Lipinski definition) is 4. The maximum Gasteiger partial charge on any atom is 0.573 e. The van der Waals surface area contributed by atoms with E-state index in [0.717, 1.165) is 0 Å². The predicted octanol–water partition coefficient (Wildman–Crippen LogP) is 1.37. The fourth-order valence-electron chi connectivity index (χ4n) is 2.86. The van der Waals surface area contributed by atoms with E-state index in [4.69, 9.17) is 0 Å². The number of ether oxygens (including phenoxy) is 1. The van der Waals surface area contributed by atoms with Crippen molar-refractivity contribution in [3.05, 3.63) is 29.8 Å². The monoisotopic (exact) mass is 332 g/mol.